The van der Waals surface area contributed by atoms with Gasteiger partial charge in [-0.15, -0.1) is 0 Å². The van der Waals surface area contributed by atoms with E-state index in [1.54, 1.807) is 6.07 Å². The van der Waals surface area contributed by atoms with Crippen LogP contribution in [0, 0.1) is 10.1 Å². The number of nitrogens with one attached hydrogen (secondary N) is 1. The van der Waals surface area contributed by atoms with Crippen LogP contribution in [0.3, 0.4) is 0 Å². The van der Waals surface area contributed by atoms with Gasteiger partial charge in [0.15, 0.2) is 11.9 Å². The van der Waals surface area contributed by atoms with E-state index >= 15 is 0 Å². The lowest BCUT2D eigenvalue weighted by Gasteiger charge is -2.07. The molecule has 0 fully saturated rings. The van der Waals surface area contributed by atoms with Crippen LogP contribution in [0.5, 0.6) is 11.5 Å². The van der Waals surface area contributed by atoms with Crippen molar-refractivity contribution in [1.29, 1.82) is 0 Å². The van der Waals surface area contributed by atoms with E-state index in [-0.39, 0.29) is 11.7 Å². The molecule has 0 saturated heterocycles. The number of alkyl halides is 2. The average Bonchev–Trinajstić information content (AvgIpc) is 3.04. The first-order valence-electron chi connectivity index (χ1n) is 7.07. The Kier molecular flexibility index (Phi) is 4.59. The van der Waals surface area contributed by atoms with Crippen LogP contribution in [-0.2, 0) is 0 Å². The highest BCUT2D eigenvalue weighted by atomic mass is 19.3. The Labute approximate surface area is 140 Å². The zero-order valence-corrected chi connectivity index (χ0v) is 12.5. The molecule has 0 aromatic carbocycles. The predicted octanol–water partition coefficient (Wildman–Crippen LogP) is 3.19. The Morgan fingerprint density at radius 3 is 2.72 bits per heavy atom. The third-order valence-corrected chi connectivity index (χ3v) is 3.13. The van der Waals surface area contributed by atoms with Crippen molar-refractivity contribution in [3.8, 4) is 11.5 Å². The summed E-state index contributed by atoms with van der Waals surface area (Å²) in [6.45, 7) is 0. The molecule has 25 heavy (non-hydrogen) atoms. The van der Waals surface area contributed by atoms with Gasteiger partial charge in [0, 0.05) is 18.3 Å². The molecule has 1 N–H and O–H groups in total. The molecule has 3 rings (SSSR count). The van der Waals surface area contributed by atoms with Crippen molar-refractivity contribution in [1.82, 2.24) is 9.97 Å². The van der Waals surface area contributed by atoms with Crippen molar-refractivity contribution in [2.24, 2.45) is 4.99 Å². The number of amidine groups is 1. The predicted molar refractivity (Wildman–Crippen MR) is 85.2 cm³/mol. The highest BCUT2D eigenvalue weighted by Gasteiger charge is 2.20. The molecule has 0 amide bonds. The average molecular weight is 347 g/mol. The van der Waals surface area contributed by atoms with Gasteiger partial charge in [-0.2, -0.15) is 0 Å². The smallest absolute Gasteiger partial charge is 0.363 e. The minimum absolute atomic E-state index is 0.270. The number of hydrogen-bond donors (Lipinski definition) is 1. The summed E-state index contributed by atoms with van der Waals surface area (Å²) in [5.74, 6) is 1.03. The van der Waals surface area contributed by atoms with Crippen LogP contribution >= 0.6 is 0 Å². The maximum Gasteiger partial charge on any atom is 0.363 e. The van der Waals surface area contributed by atoms with Gasteiger partial charge >= 0.3 is 5.82 Å². The second kappa shape index (κ2) is 6.99. The van der Waals surface area contributed by atoms with Crippen LogP contribution in [0.4, 0.5) is 20.4 Å². The molecule has 0 radical (unpaired) electrons. The molecule has 0 aliphatic carbocycles. The van der Waals surface area contributed by atoms with Gasteiger partial charge in [0.2, 0.25) is 0 Å². The quantitative estimate of drug-likeness (QED) is 0.658. The van der Waals surface area contributed by atoms with Gasteiger partial charge in [0.1, 0.15) is 23.4 Å². The number of hydrogen-bond acceptors (Lipinski definition) is 7. The van der Waals surface area contributed by atoms with E-state index in [0.29, 0.717) is 17.3 Å². The lowest BCUT2D eigenvalue weighted by molar-refractivity contribution is -0.389. The molecule has 1 unspecified atom stereocenters. The van der Waals surface area contributed by atoms with Gasteiger partial charge in [-0.3, -0.25) is 4.99 Å². The van der Waals surface area contributed by atoms with Gasteiger partial charge in [0.05, 0.1) is 0 Å². The fourth-order valence-electron chi connectivity index (χ4n) is 2.00. The zero-order valence-electron chi connectivity index (χ0n) is 12.5. The van der Waals surface area contributed by atoms with E-state index in [0.717, 1.165) is 0 Å². The summed E-state index contributed by atoms with van der Waals surface area (Å²) in [6.07, 6.45) is 2.87. The van der Waals surface area contributed by atoms with E-state index in [1.807, 2.05) is 0 Å². The molecule has 8 nitrogen and oxygen atoms in total. The number of aromatic nitrogens is 2. The maximum atomic E-state index is 12.6. The van der Waals surface area contributed by atoms with Crippen LogP contribution in [0.2, 0.25) is 0 Å². The number of nitro groups is 1. The normalized spacial score (nSPS) is 16.0. The third kappa shape index (κ3) is 4.10. The van der Waals surface area contributed by atoms with Gasteiger partial charge < -0.3 is 20.2 Å². The van der Waals surface area contributed by atoms with Crippen LogP contribution in [0.15, 0.2) is 53.8 Å². The summed E-state index contributed by atoms with van der Waals surface area (Å²) in [7, 11) is 0. The number of pyridine rings is 2. The summed E-state index contributed by atoms with van der Waals surface area (Å²) < 4.78 is 30.7. The van der Waals surface area contributed by atoms with Crippen molar-refractivity contribution < 1.29 is 18.4 Å². The van der Waals surface area contributed by atoms with E-state index in [9.17, 15) is 18.9 Å². The number of anilines is 1. The topological polar surface area (TPSA) is 103 Å². The van der Waals surface area contributed by atoms with Crippen LogP contribution in [-0.4, -0.2) is 33.2 Å². The number of nitrogens with zero attached hydrogens (tertiary/aromatic N) is 4. The molecular weight excluding hydrogens is 336 g/mol. The standard InChI is InChI=1S/C15H11F2N5O3/c16-15(17)11-2-3-12(20-11)21-13-7-9(5-6-18-13)25-10-1-4-14(19-8-10)22(23)24/h1-8,11,15H,(H,18,20,21). The Morgan fingerprint density at radius 1 is 1.24 bits per heavy atom. The molecule has 2 aromatic heterocycles. The number of ether oxygens (including phenoxy) is 1. The van der Waals surface area contributed by atoms with Crippen LogP contribution in [0.1, 0.15) is 0 Å². The zero-order chi connectivity index (χ0) is 17.8. The molecule has 0 spiro atoms. The molecule has 1 aliphatic heterocycles. The van der Waals surface area contributed by atoms with Gasteiger partial charge in [-0.1, -0.05) is 6.08 Å². The SMILES string of the molecule is O=[N+]([O-])c1ccc(Oc2ccnc(NC3=NC(C(F)F)C=C3)c2)cn1. The van der Waals surface area contributed by atoms with E-state index in [4.69, 9.17) is 4.74 Å². The van der Waals surface area contributed by atoms with E-state index < -0.39 is 17.4 Å². The van der Waals surface area contributed by atoms with Crippen LogP contribution in [0.25, 0.3) is 0 Å². The summed E-state index contributed by atoms with van der Waals surface area (Å²) >= 11 is 0. The fraction of sp³-hybridized carbons (Fsp3) is 0.133. The fourth-order valence-corrected chi connectivity index (χ4v) is 2.00. The highest BCUT2D eigenvalue weighted by molar-refractivity contribution is 6.04. The summed E-state index contributed by atoms with van der Waals surface area (Å²) in [5, 5.41) is 13.4. The number of aliphatic imine (C=N–C) groups is 1. The number of rotatable bonds is 5. The monoisotopic (exact) mass is 347 g/mol. The van der Waals surface area contributed by atoms with Crippen molar-refractivity contribution in [3.63, 3.8) is 0 Å². The molecule has 0 saturated carbocycles. The Hall–Kier alpha value is -3.43. The summed E-state index contributed by atoms with van der Waals surface area (Å²) in [4.78, 5) is 21.5. The lowest BCUT2D eigenvalue weighted by atomic mass is 10.3. The first-order chi connectivity index (χ1) is 12.0. The molecule has 128 valence electrons. The molecule has 3 heterocycles. The summed E-state index contributed by atoms with van der Waals surface area (Å²) in [5.41, 5.74) is 0. The Balaban J connectivity index is 1.68. The molecule has 1 atom stereocenters. The van der Waals surface area contributed by atoms with E-state index in [2.05, 4.69) is 20.3 Å². The minimum atomic E-state index is -2.56. The van der Waals surface area contributed by atoms with Gasteiger partial charge in [0.25, 0.3) is 6.43 Å². The van der Waals surface area contributed by atoms with Crippen molar-refractivity contribution in [2.45, 2.75) is 12.5 Å². The van der Waals surface area contributed by atoms with Crippen molar-refractivity contribution in [2.75, 3.05) is 5.32 Å². The maximum absolute atomic E-state index is 12.6. The van der Waals surface area contributed by atoms with Crippen molar-refractivity contribution >= 4 is 17.5 Å². The van der Waals surface area contributed by atoms with Crippen molar-refractivity contribution in [3.05, 3.63) is 58.9 Å². The third-order valence-electron chi connectivity index (χ3n) is 3.13. The van der Waals surface area contributed by atoms with Gasteiger partial charge in [-0.25, -0.2) is 13.8 Å². The second-order valence-corrected chi connectivity index (χ2v) is 4.91. The Bertz CT molecular complexity index is 839. The second-order valence-electron chi connectivity index (χ2n) is 4.91. The molecule has 10 heteroatoms. The molecule has 2 aromatic rings. The number of halogens is 2. The summed E-state index contributed by atoms with van der Waals surface area (Å²) in [6, 6.07) is 4.58. The van der Waals surface area contributed by atoms with E-state index in [1.165, 1.54) is 42.7 Å². The lowest BCUT2D eigenvalue weighted by Crippen LogP contribution is -2.13. The largest absolute Gasteiger partial charge is 0.453 e. The molecule has 1 aliphatic rings. The first kappa shape index (κ1) is 16.4. The highest BCUT2D eigenvalue weighted by Crippen LogP contribution is 2.24. The van der Waals surface area contributed by atoms with Crippen LogP contribution < -0.4 is 10.1 Å². The minimum Gasteiger partial charge on any atom is -0.453 e. The molecule has 0 bridgehead atoms. The first-order valence-corrected chi connectivity index (χ1v) is 7.07. The molecular formula is C15H11F2N5O3. The Morgan fingerprint density at radius 2 is 2.08 bits per heavy atom. The van der Waals surface area contributed by atoms with Gasteiger partial charge in [-0.05, 0) is 28.1 Å².